The maximum atomic E-state index is 10.3. The van der Waals surface area contributed by atoms with E-state index in [-0.39, 0.29) is 11.5 Å². The molecule has 0 heterocycles. The SMILES string of the molecule is CCO[C@H](/C=C/C(C)(C)C)[C@@H](O)c1ccccc1. The van der Waals surface area contributed by atoms with Crippen LogP contribution in [-0.2, 0) is 4.74 Å². The largest absolute Gasteiger partial charge is 0.385 e. The zero-order valence-corrected chi connectivity index (χ0v) is 11.8. The summed E-state index contributed by atoms with van der Waals surface area (Å²) in [5.41, 5.74) is 0.973. The van der Waals surface area contributed by atoms with Gasteiger partial charge < -0.3 is 9.84 Å². The number of aliphatic hydroxyl groups is 1. The van der Waals surface area contributed by atoms with Crippen LogP contribution in [0.2, 0.25) is 0 Å². The van der Waals surface area contributed by atoms with Gasteiger partial charge in [-0.25, -0.2) is 0 Å². The molecule has 0 spiro atoms. The highest BCUT2D eigenvalue weighted by Gasteiger charge is 2.19. The number of benzene rings is 1. The van der Waals surface area contributed by atoms with Crippen LogP contribution in [0.25, 0.3) is 0 Å². The van der Waals surface area contributed by atoms with E-state index in [2.05, 4.69) is 26.8 Å². The molecule has 1 N–H and O–H groups in total. The van der Waals surface area contributed by atoms with Crippen molar-refractivity contribution >= 4 is 0 Å². The average Bonchev–Trinajstić information content (AvgIpc) is 2.33. The number of rotatable bonds is 5. The first-order chi connectivity index (χ1) is 8.44. The summed E-state index contributed by atoms with van der Waals surface area (Å²) >= 11 is 0. The third-order valence-corrected chi connectivity index (χ3v) is 2.60. The molecule has 0 amide bonds. The van der Waals surface area contributed by atoms with Crippen molar-refractivity contribution in [2.45, 2.75) is 39.9 Å². The van der Waals surface area contributed by atoms with Crippen LogP contribution in [0.15, 0.2) is 42.5 Å². The molecule has 0 aliphatic rings. The molecule has 0 saturated carbocycles. The van der Waals surface area contributed by atoms with Crippen molar-refractivity contribution < 1.29 is 9.84 Å². The molecule has 1 aromatic rings. The lowest BCUT2D eigenvalue weighted by molar-refractivity contribution is -0.00616. The molecule has 100 valence electrons. The minimum absolute atomic E-state index is 0.0890. The van der Waals surface area contributed by atoms with Crippen molar-refractivity contribution in [1.29, 1.82) is 0 Å². The van der Waals surface area contributed by atoms with Crippen molar-refractivity contribution in [3.05, 3.63) is 48.0 Å². The molecule has 0 aliphatic carbocycles. The van der Waals surface area contributed by atoms with E-state index in [0.717, 1.165) is 5.56 Å². The van der Waals surface area contributed by atoms with Gasteiger partial charge in [0.2, 0.25) is 0 Å². The summed E-state index contributed by atoms with van der Waals surface area (Å²) in [6, 6.07) is 9.63. The summed E-state index contributed by atoms with van der Waals surface area (Å²) in [7, 11) is 0. The van der Waals surface area contributed by atoms with Crippen LogP contribution < -0.4 is 0 Å². The smallest absolute Gasteiger partial charge is 0.109 e. The number of hydrogen-bond acceptors (Lipinski definition) is 2. The fourth-order valence-corrected chi connectivity index (χ4v) is 1.67. The van der Waals surface area contributed by atoms with E-state index in [4.69, 9.17) is 4.74 Å². The van der Waals surface area contributed by atoms with E-state index in [1.807, 2.05) is 43.3 Å². The molecule has 18 heavy (non-hydrogen) atoms. The minimum Gasteiger partial charge on any atom is -0.385 e. The molecule has 0 aliphatic heterocycles. The number of hydrogen-bond donors (Lipinski definition) is 1. The first-order valence-corrected chi connectivity index (χ1v) is 6.48. The zero-order chi connectivity index (χ0) is 13.6. The van der Waals surface area contributed by atoms with Crippen LogP contribution >= 0.6 is 0 Å². The second-order valence-corrected chi connectivity index (χ2v) is 5.50. The standard InChI is InChI=1S/C16H24O2/c1-5-18-14(11-12-16(2,3)4)15(17)13-9-7-6-8-10-13/h6-12,14-15,17H,5H2,1-4H3/b12-11+/t14-,15+/m1/s1. The van der Waals surface area contributed by atoms with E-state index < -0.39 is 6.10 Å². The molecular weight excluding hydrogens is 224 g/mol. The Morgan fingerprint density at radius 2 is 1.83 bits per heavy atom. The van der Waals surface area contributed by atoms with Gasteiger partial charge in [0.05, 0.1) is 0 Å². The molecule has 2 nitrogen and oxygen atoms in total. The Hall–Kier alpha value is -1.12. The van der Waals surface area contributed by atoms with Gasteiger partial charge in [-0.1, -0.05) is 63.3 Å². The second kappa shape index (κ2) is 6.72. The third-order valence-electron chi connectivity index (χ3n) is 2.60. The van der Waals surface area contributed by atoms with Crippen LogP contribution in [0.1, 0.15) is 39.4 Å². The van der Waals surface area contributed by atoms with Crippen molar-refractivity contribution in [2.75, 3.05) is 6.61 Å². The van der Waals surface area contributed by atoms with Crippen LogP contribution in [0.3, 0.4) is 0 Å². The highest BCUT2D eigenvalue weighted by Crippen LogP contribution is 2.22. The Morgan fingerprint density at radius 3 is 2.33 bits per heavy atom. The molecular formula is C16H24O2. The second-order valence-electron chi connectivity index (χ2n) is 5.50. The Balaban J connectivity index is 2.82. The van der Waals surface area contributed by atoms with E-state index in [9.17, 15) is 5.11 Å². The Bertz CT molecular complexity index is 362. The monoisotopic (exact) mass is 248 g/mol. The summed E-state index contributed by atoms with van der Waals surface area (Å²) in [6.07, 6.45) is 3.13. The Morgan fingerprint density at radius 1 is 1.22 bits per heavy atom. The lowest BCUT2D eigenvalue weighted by atomic mass is 9.94. The molecule has 0 bridgehead atoms. The van der Waals surface area contributed by atoms with Gasteiger partial charge in [0, 0.05) is 6.61 Å². The van der Waals surface area contributed by atoms with Gasteiger partial charge in [0.15, 0.2) is 0 Å². The highest BCUT2D eigenvalue weighted by atomic mass is 16.5. The maximum Gasteiger partial charge on any atom is 0.109 e. The van der Waals surface area contributed by atoms with Gasteiger partial charge in [-0.05, 0) is 17.9 Å². The van der Waals surface area contributed by atoms with Crippen LogP contribution in [0.4, 0.5) is 0 Å². The Labute approximate surface area is 110 Å². The summed E-state index contributed by atoms with van der Waals surface area (Å²) in [5.74, 6) is 0. The quantitative estimate of drug-likeness (QED) is 0.805. The summed E-state index contributed by atoms with van der Waals surface area (Å²) in [5, 5.41) is 10.3. The highest BCUT2D eigenvalue weighted by molar-refractivity contribution is 5.20. The zero-order valence-electron chi connectivity index (χ0n) is 11.8. The molecule has 0 unspecified atom stereocenters. The number of allylic oxidation sites excluding steroid dienone is 1. The van der Waals surface area contributed by atoms with Crippen LogP contribution in [0.5, 0.6) is 0 Å². The molecule has 0 saturated heterocycles. The first kappa shape index (κ1) is 14.9. The molecule has 0 aromatic heterocycles. The van der Waals surface area contributed by atoms with Crippen molar-refractivity contribution in [3.63, 3.8) is 0 Å². The van der Waals surface area contributed by atoms with Crippen molar-refractivity contribution in [3.8, 4) is 0 Å². The number of aliphatic hydroxyl groups excluding tert-OH is 1. The normalized spacial score (nSPS) is 15.8. The molecule has 1 rings (SSSR count). The topological polar surface area (TPSA) is 29.5 Å². The van der Waals surface area contributed by atoms with Gasteiger partial charge >= 0.3 is 0 Å². The van der Waals surface area contributed by atoms with Crippen molar-refractivity contribution in [2.24, 2.45) is 5.41 Å². The van der Waals surface area contributed by atoms with Crippen LogP contribution in [-0.4, -0.2) is 17.8 Å². The maximum absolute atomic E-state index is 10.3. The molecule has 2 atom stereocenters. The minimum atomic E-state index is -0.621. The van der Waals surface area contributed by atoms with E-state index >= 15 is 0 Å². The lowest BCUT2D eigenvalue weighted by Crippen LogP contribution is -2.20. The van der Waals surface area contributed by atoms with Crippen molar-refractivity contribution in [1.82, 2.24) is 0 Å². The molecule has 0 fully saturated rings. The van der Waals surface area contributed by atoms with Gasteiger partial charge in [-0.15, -0.1) is 0 Å². The van der Waals surface area contributed by atoms with Gasteiger partial charge in [-0.3, -0.25) is 0 Å². The fraction of sp³-hybridized carbons (Fsp3) is 0.500. The van der Waals surface area contributed by atoms with E-state index in [1.54, 1.807) is 0 Å². The summed E-state index contributed by atoms with van der Waals surface area (Å²) in [4.78, 5) is 0. The van der Waals surface area contributed by atoms with E-state index in [0.29, 0.717) is 6.61 Å². The van der Waals surface area contributed by atoms with E-state index in [1.165, 1.54) is 0 Å². The molecule has 2 heteroatoms. The van der Waals surface area contributed by atoms with Gasteiger partial charge in [0.1, 0.15) is 12.2 Å². The summed E-state index contributed by atoms with van der Waals surface area (Å²) < 4.78 is 5.62. The Kier molecular flexibility index (Phi) is 5.57. The van der Waals surface area contributed by atoms with Gasteiger partial charge in [0.25, 0.3) is 0 Å². The lowest BCUT2D eigenvalue weighted by Gasteiger charge is -2.22. The van der Waals surface area contributed by atoms with Crippen LogP contribution in [0, 0.1) is 5.41 Å². The average molecular weight is 248 g/mol. The summed E-state index contributed by atoms with van der Waals surface area (Å²) in [6.45, 7) is 8.91. The first-order valence-electron chi connectivity index (χ1n) is 6.48. The predicted molar refractivity (Wildman–Crippen MR) is 75.4 cm³/mol. The van der Waals surface area contributed by atoms with Gasteiger partial charge in [-0.2, -0.15) is 0 Å². The third kappa shape index (κ3) is 5.03. The molecule has 1 aromatic carbocycles. The number of ether oxygens (including phenoxy) is 1. The fourth-order valence-electron chi connectivity index (χ4n) is 1.67. The predicted octanol–water partition coefficient (Wildman–Crippen LogP) is 3.73. The molecule has 0 radical (unpaired) electrons.